The van der Waals surface area contributed by atoms with E-state index in [-0.39, 0.29) is 12.1 Å². The van der Waals surface area contributed by atoms with Crippen LogP contribution in [0.3, 0.4) is 0 Å². The molecular weight excluding hydrogens is 218 g/mol. The van der Waals surface area contributed by atoms with Crippen LogP contribution in [0.25, 0.3) is 0 Å². The van der Waals surface area contributed by atoms with Gasteiger partial charge in [-0.15, -0.1) is 0 Å². The summed E-state index contributed by atoms with van der Waals surface area (Å²) in [6.45, 7) is 7.50. The van der Waals surface area contributed by atoms with Gasteiger partial charge in [-0.3, -0.25) is 4.90 Å². The van der Waals surface area contributed by atoms with E-state index >= 15 is 0 Å². The average Bonchev–Trinajstić information content (AvgIpc) is 2.70. The Morgan fingerprint density at radius 2 is 2.06 bits per heavy atom. The van der Waals surface area contributed by atoms with Crippen LogP contribution in [0.5, 0.6) is 0 Å². The summed E-state index contributed by atoms with van der Waals surface area (Å²) in [6, 6.07) is 0.985. The summed E-state index contributed by atoms with van der Waals surface area (Å²) < 4.78 is 5.09. The zero-order chi connectivity index (χ0) is 12.4. The van der Waals surface area contributed by atoms with Crippen LogP contribution in [0.1, 0.15) is 26.7 Å². The van der Waals surface area contributed by atoms with E-state index in [1.165, 1.54) is 0 Å². The molecule has 2 aliphatic rings. The number of likely N-dealkylation sites (tertiary alicyclic amines) is 1. The highest BCUT2D eigenvalue weighted by Crippen LogP contribution is 2.24. The standard InChI is InChI=1S/C12H23N3O2/c1-9(2)14-5-3-10(4-6-14)15-11(7-13)8-17-12(15)16/h9-11H,3-8,13H2,1-2H3. The third-order valence-corrected chi connectivity index (χ3v) is 3.90. The van der Waals surface area contributed by atoms with Crippen molar-refractivity contribution in [2.24, 2.45) is 5.73 Å². The van der Waals surface area contributed by atoms with Crippen molar-refractivity contribution < 1.29 is 9.53 Å². The molecule has 0 aromatic heterocycles. The molecule has 0 spiro atoms. The van der Waals surface area contributed by atoms with Crippen LogP contribution >= 0.6 is 0 Å². The summed E-state index contributed by atoms with van der Waals surface area (Å²) in [6.07, 6.45) is 1.89. The highest BCUT2D eigenvalue weighted by Gasteiger charge is 2.38. The molecule has 1 atom stereocenters. The largest absolute Gasteiger partial charge is 0.447 e. The maximum atomic E-state index is 11.7. The SMILES string of the molecule is CC(C)N1CCC(N2C(=O)OCC2CN)CC1. The van der Waals surface area contributed by atoms with Crippen LogP contribution in [-0.2, 0) is 4.74 Å². The molecule has 0 saturated carbocycles. The number of hydrogen-bond acceptors (Lipinski definition) is 4. The molecule has 0 aromatic rings. The number of nitrogens with zero attached hydrogens (tertiary/aromatic N) is 2. The molecule has 2 rings (SSSR count). The number of hydrogen-bond donors (Lipinski definition) is 1. The van der Waals surface area contributed by atoms with Crippen molar-refractivity contribution in [3.8, 4) is 0 Å². The predicted molar refractivity (Wildman–Crippen MR) is 65.8 cm³/mol. The lowest BCUT2D eigenvalue weighted by atomic mass is 10.0. The van der Waals surface area contributed by atoms with E-state index in [2.05, 4.69) is 18.7 Å². The molecule has 0 bridgehead atoms. The number of amides is 1. The molecule has 5 heteroatoms. The Labute approximate surface area is 103 Å². The molecule has 2 saturated heterocycles. The Morgan fingerprint density at radius 3 is 2.59 bits per heavy atom. The zero-order valence-electron chi connectivity index (χ0n) is 10.8. The second-order valence-corrected chi connectivity index (χ2v) is 5.23. The lowest BCUT2D eigenvalue weighted by molar-refractivity contribution is 0.0953. The van der Waals surface area contributed by atoms with Gasteiger partial charge in [0.25, 0.3) is 0 Å². The topological polar surface area (TPSA) is 58.8 Å². The van der Waals surface area contributed by atoms with E-state index in [9.17, 15) is 4.79 Å². The van der Waals surface area contributed by atoms with Gasteiger partial charge >= 0.3 is 6.09 Å². The van der Waals surface area contributed by atoms with Crippen LogP contribution in [0.15, 0.2) is 0 Å². The lowest BCUT2D eigenvalue weighted by Gasteiger charge is -2.39. The minimum absolute atomic E-state index is 0.0816. The van der Waals surface area contributed by atoms with Crippen molar-refractivity contribution in [2.75, 3.05) is 26.2 Å². The first-order valence-electron chi connectivity index (χ1n) is 6.52. The molecule has 17 heavy (non-hydrogen) atoms. The van der Waals surface area contributed by atoms with Crippen LogP contribution in [0.2, 0.25) is 0 Å². The molecule has 0 aliphatic carbocycles. The average molecular weight is 241 g/mol. The first kappa shape index (κ1) is 12.6. The monoisotopic (exact) mass is 241 g/mol. The molecule has 0 aromatic carbocycles. The number of rotatable bonds is 3. The van der Waals surface area contributed by atoms with Crippen molar-refractivity contribution in [1.29, 1.82) is 0 Å². The quantitative estimate of drug-likeness (QED) is 0.787. The molecule has 5 nitrogen and oxygen atoms in total. The number of carbonyl (C=O) groups is 1. The van der Waals surface area contributed by atoms with Crippen molar-refractivity contribution >= 4 is 6.09 Å². The smallest absolute Gasteiger partial charge is 0.410 e. The second-order valence-electron chi connectivity index (χ2n) is 5.23. The normalized spacial score (nSPS) is 27.9. The van der Waals surface area contributed by atoms with Crippen LogP contribution < -0.4 is 5.73 Å². The molecule has 98 valence electrons. The van der Waals surface area contributed by atoms with Crippen molar-refractivity contribution in [1.82, 2.24) is 9.80 Å². The Balaban J connectivity index is 1.93. The predicted octanol–water partition coefficient (Wildman–Crippen LogP) is 0.639. The highest BCUT2D eigenvalue weighted by molar-refractivity contribution is 5.70. The van der Waals surface area contributed by atoms with Gasteiger partial charge in [0, 0.05) is 31.7 Å². The Bertz CT molecular complexity index is 275. The molecule has 2 aliphatic heterocycles. The molecule has 2 fully saturated rings. The van der Waals surface area contributed by atoms with Gasteiger partial charge in [-0.2, -0.15) is 0 Å². The third-order valence-electron chi connectivity index (χ3n) is 3.90. The number of ether oxygens (including phenoxy) is 1. The number of piperidine rings is 1. The maximum absolute atomic E-state index is 11.7. The van der Waals surface area contributed by atoms with Gasteiger partial charge in [0.15, 0.2) is 0 Å². The fourth-order valence-electron chi connectivity index (χ4n) is 2.78. The molecule has 1 unspecified atom stereocenters. The van der Waals surface area contributed by atoms with Gasteiger partial charge in [-0.1, -0.05) is 0 Å². The first-order valence-corrected chi connectivity index (χ1v) is 6.52. The summed E-state index contributed by atoms with van der Waals surface area (Å²) in [5.74, 6) is 0. The first-order chi connectivity index (χ1) is 8.13. The van der Waals surface area contributed by atoms with E-state index in [1.807, 2.05) is 4.90 Å². The van der Waals surface area contributed by atoms with Gasteiger partial charge in [-0.25, -0.2) is 4.79 Å². The molecular formula is C12H23N3O2. The van der Waals surface area contributed by atoms with Crippen LogP contribution in [0, 0.1) is 0 Å². The maximum Gasteiger partial charge on any atom is 0.410 e. The summed E-state index contributed by atoms with van der Waals surface area (Å²) in [7, 11) is 0. The summed E-state index contributed by atoms with van der Waals surface area (Å²) >= 11 is 0. The third kappa shape index (κ3) is 2.55. The summed E-state index contributed by atoms with van der Waals surface area (Å²) in [5, 5.41) is 0. The van der Waals surface area contributed by atoms with Gasteiger partial charge in [0.2, 0.25) is 0 Å². The van der Waals surface area contributed by atoms with Gasteiger partial charge in [0.1, 0.15) is 6.61 Å². The fraction of sp³-hybridized carbons (Fsp3) is 0.917. The van der Waals surface area contributed by atoms with E-state index in [0.717, 1.165) is 25.9 Å². The fourth-order valence-corrected chi connectivity index (χ4v) is 2.78. The Hall–Kier alpha value is -0.810. The molecule has 0 radical (unpaired) electrons. The number of carbonyl (C=O) groups excluding carboxylic acids is 1. The van der Waals surface area contributed by atoms with Crippen molar-refractivity contribution in [2.45, 2.75) is 44.8 Å². The van der Waals surface area contributed by atoms with E-state index < -0.39 is 0 Å². The molecule has 2 heterocycles. The van der Waals surface area contributed by atoms with Crippen LogP contribution in [-0.4, -0.2) is 60.3 Å². The molecule has 1 amide bonds. The van der Waals surface area contributed by atoms with Crippen molar-refractivity contribution in [3.63, 3.8) is 0 Å². The van der Waals surface area contributed by atoms with Gasteiger partial charge < -0.3 is 15.4 Å². The van der Waals surface area contributed by atoms with Crippen LogP contribution in [0.4, 0.5) is 4.79 Å². The zero-order valence-corrected chi connectivity index (χ0v) is 10.8. The van der Waals surface area contributed by atoms with E-state index in [0.29, 0.717) is 25.2 Å². The van der Waals surface area contributed by atoms with Gasteiger partial charge in [0.05, 0.1) is 6.04 Å². The number of nitrogens with two attached hydrogens (primary N) is 1. The minimum Gasteiger partial charge on any atom is -0.447 e. The molecule has 2 N–H and O–H groups in total. The Morgan fingerprint density at radius 1 is 1.41 bits per heavy atom. The lowest BCUT2D eigenvalue weighted by Crippen LogP contribution is -2.51. The second kappa shape index (κ2) is 5.23. The highest BCUT2D eigenvalue weighted by atomic mass is 16.6. The number of cyclic esters (lactones) is 1. The minimum atomic E-state index is -0.177. The van der Waals surface area contributed by atoms with Crippen molar-refractivity contribution in [3.05, 3.63) is 0 Å². The summed E-state index contributed by atoms with van der Waals surface area (Å²) in [4.78, 5) is 16.0. The Kier molecular flexibility index (Phi) is 3.89. The summed E-state index contributed by atoms with van der Waals surface area (Å²) in [5.41, 5.74) is 5.68. The van der Waals surface area contributed by atoms with E-state index in [1.54, 1.807) is 0 Å². The van der Waals surface area contributed by atoms with E-state index in [4.69, 9.17) is 10.5 Å². The van der Waals surface area contributed by atoms with Gasteiger partial charge in [-0.05, 0) is 26.7 Å².